The summed E-state index contributed by atoms with van der Waals surface area (Å²) in [7, 11) is 0. The minimum absolute atomic E-state index is 0.0753. The molecule has 3 heteroatoms. The Bertz CT molecular complexity index is 417. The molecular formula is C14H17NO2. The third-order valence-corrected chi connectivity index (χ3v) is 3.87. The van der Waals surface area contributed by atoms with Crippen molar-refractivity contribution < 1.29 is 9.53 Å². The number of carbonyl (C=O) groups excluding carboxylic acids is 1. The Balaban J connectivity index is 1.67. The van der Waals surface area contributed by atoms with E-state index in [1.807, 2.05) is 18.2 Å². The molecule has 4 atom stereocenters. The number of carbonyl (C=O) groups is 1. The molecule has 4 unspecified atom stereocenters. The molecule has 1 aromatic rings. The van der Waals surface area contributed by atoms with Crippen LogP contribution in [0.2, 0.25) is 0 Å². The van der Waals surface area contributed by atoms with Crippen LogP contribution in [0.4, 0.5) is 0 Å². The van der Waals surface area contributed by atoms with Gasteiger partial charge in [0.1, 0.15) is 5.78 Å². The van der Waals surface area contributed by atoms with Crippen molar-refractivity contribution in [3.05, 3.63) is 35.9 Å². The van der Waals surface area contributed by atoms with E-state index in [-0.39, 0.29) is 17.9 Å². The van der Waals surface area contributed by atoms with Gasteiger partial charge in [0, 0.05) is 12.0 Å². The van der Waals surface area contributed by atoms with E-state index in [4.69, 9.17) is 10.5 Å². The first-order chi connectivity index (χ1) is 8.27. The van der Waals surface area contributed by atoms with E-state index in [0.717, 1.165) is 6.42 Å². The molecule has 1 aromatic carbocycles. The van der Waals surface area contributed by atoms with Crippen LogP contribution in [0.15, 0.2) is 30.3 Å². The fourth-order valence-electron chi connectivity index (χ4n) is 2.72. The quantitative estimate of drug-likeness (QED) is 0.854. The summed E-state index contributed by atoms with van der Waals surface area (Å²) < 4.78 is 5.26. The van der Waals surface area contributed by atoms with Gasteiger partial charge in [0.15, 0.2) is 0 Å². The van der Waals surface area contributed by atoms with E-state index < -0.39 is 0 Å². The molecule has 3 rings (SSSR count). The fraction of sp³-hybridized carbons (Fsp3) is 0.500. The number of hydrogen-bond donors (Lipinski definition) is 1. The van der Waals surface area contributed by atoms with Gasteiger partial charge in [0.2, 0.25) is 0 Å². The molecular weight excluding hydrogens is 214 g/mol. The smallest absolute Gasteiger partial charge is 0.143 e. The summed E-state index contributed by atoms with van der Waals surface area (Å²) in [5, 5.41) is 0. The van der Waals surface area contributed by atoms with Crippen LogP contribution in [0, 0.1) is 11.8 Å². The van der Waals surface area contributed by atoms with Crippen LogP contribution in [0.5, 0.6) is 0 Å². The summed E-state index contributed by atoms with van der Waals surface area (Å²) in [4.78, 5) is 12.2. The van der Waals surface area contributed by atoms with E-state index in [0.29, 0.717) is 24.9 Å². The van der Waals surface area contributed by atoms with Crippen molar-refractivity contribution in [2.24, 2.45) is 17.6 Å². The van der Waals surface area contributed by atoms with Gasteiger partial charge in [0.05, 0.1) is 19.1 Å². The maximum atomic E-state index is 12.2. The Labute approximate surface area is 101 Å². The first-order valence-electron chi connectivity index (χ1n) is 6.19. The first kappa shape index (κ1) is 10.9. The van der Waals surface area contributed by atoms with E-state index >= 15 is 0 Å². The van der Waals surface area contributed by atoms with Crippen molar-refractivity contribution >= 4 is 5.78 Å². The maximum absolute atomic E-state index is 12.2. The predicted octanol–water partition coefficient (Wildman–Crippen LogP) is 1.33. The lowest BCUT2D eigenvalue weighted by Crippen LogP contribution is -2.35. The molecule has 0 radical (unpaired) electrons. The predicted molar refractivity (Wildman–Crippen MR) is 64.6 cm³/mol. The topological polar surface area (TPSA) is 52.3 Å². The zero-order valence-corrected chi connectivity index (χ0v) is 9.71. The molecule has 1 aliphatic heterocycles. The highest BCUT2D eigenvalue weighted by atomic mass is 16.5. The number of hydrogen-bond acceptors (Lipinski definition) is 3. The number of rotatable bonds is 3. The third-order valence-electron chi connectivity index (χ3n) is 3.87. The van der Waals surface area contributed by atoms with Crippen LogP contribution in [0.25, 0.3) is 0 Å². The van der Waals surface area contributed by atoms with Crippen LogP contribution in [-0.4, -0.2) is 25.0 Å². The van der Waals surface area contributed by atoms with Gasteiger partial charge in [-0.1, -0.05) is 30.3 Å². The van der Waals surface area contributed by atoms with Crippen molar-refractivity contribution in [1.29, 1.82) is 0 Å². The highest BCUT2D eigenvalue weighted by Crippen LogP contribution is 2.49. The van der Waals surface area contributed by atoms with Gasteiger partial charge in [0.25, 0.3) is 0 Å². The zero-order chi connectivity index (χ0) is 11.8. The average Bonchev–Trinajstić information content (AvgIpc) is 3.05. The SMILES string of the molecule is NC1COCC1C(=O)C1CC1c1ccccc1. The van der Waals surface area contributed by atoms with Crippen LogP contribution in [0.1, 0.15) is 17.9 Å². The first-order valence-corrected chi connectivity index (χ1v) is 6.19. The molecule has 2 N–H and O–H groups in total. The van der Waals surface area contributed by atoms with Crippen molar-refractivity contribution in [2.45, 2.75) is 18.4 Å². The summed E-state index contributed by atoms with van der Waals surface area (Å²) in [6, 6.07) is 10.2. The summed E-state index contributed by atoms with van der Waals surface area (Å²) in [5.41, 5.74) is 7.16. The molecule has 2 aliphatic rings. The second-order valence-electron chi connectivity index (χ2n) is 5.07. The Kier molecular flexibility index (Phi) is 2.73. The Morgan fingerprint density at radius 1 is 1.18 bits per heavy atom. The lowest BCUT2D eigenvalue weighted by atomic mass is 9.94. The van der Waals surface area contributed by atoms with Crippen LogP contribution in [0.3, 0.4) is 0 Å². The molecule has 90 valence electrons. The minimum Gasteiger partial charge on any atom is -0.379 e. The molecule has 3 nitrogen and oxygen atoms in total. The molecule has 17 heavy (non-hydrogen) atoms. The Morgan fingerprint density at radius 3 is 2.59 bits per heavy atom. The highest BCUT2D eigenvalue weighted by Gasteiger charge is 2.48. The zero-order valence-electron chi connectivity index (χ0n) is 9.71. The maximum Gasteiger partial charge on any atom is 0.143 e. The number of ether oxygens (including phenoxy) is 1. The van der Waals surface area contributed by atoms with Gasteiger partial charge in [-0.15, -0.1) is 0 Å². The van der Waals surface area contributed by atoms with Crippen molar-refractivity contribution in [1.82, 2.24) is 0 Å². The standard InChI is InChI=1S/C14H17NO2/c15-13-8-17-7-12(13)14(16)11-6-10(11)9-4-2-1-3-5-9/h1-5,10-13H,6-8,15H2. The van der Waals surface area contributed by atoms with Crippen molar-refractivity contribution in [3.63, 3.8) is 0 Å². The summed E-state index contributed by atoms with van der Waals surface area (Å²) in [6.45, 7) is 1.04. The van der Waals surface area contributed by atoms with E-state index in [1.54, 1.807) is 0 Å². The molecule has 2 fully saturated rings. The van der Waals surface area contributed by atoms with Crippen LogP contribution < -0.4 is 5.73 Å². The fourth-order valence-corrected chi connectivity index (χ4v) is 2.72. The van der Waals surface area contributed by atoms with Gasteiger partial charge in [-0.05, 0) is 17.9 Å². The molecule has 0 amide bonds. The van der Waals surface area contributed by atoms with Gasteiger partial charge < -0.3 is 10.5 Å². The van der Waals surface area contributed by atoms with E-state index in [1.165, 1.54) is 5.56 Å². The second kappa shape index (κ2) is 4.24. The van der Waals surface area contributed by atoms with E-state index in [2.05, 4.69) is 12.1 Å². The summed E-state index contributed by atoms with van der Waals surface area (Å²) >= 11 is 0. The van der Waals surface area contributed by atoms with Crippen LogP contribution in [-0.2, 0) is 9.53 Å². The lowest BCUT2D eigenvalue weighted by Gasteiger charge is -2.11. The Hall–Kier alpha value is -1.19. The molecule has 1 aliphatic carbocycles. The largest absolute Gasteiger partial charge is 0.379 e. The molecule has 0 spiro atoms. The molecule has 0 bridgehead atoms. The van der Waals surface area contributed by atoms with Gasteiger partial charge in [-0.25, -0.2) is 0 Å². The average molecular weight is 231 g/mol. The number of nitrogens with two attached hydrogens (primary N) is 1. The lowest BCUT2D eigenvalue weighted by molar-refractivity contribution is -0.124. The van der Waals surface area contributed by atoms with Gasteiger partial charge in [-0.3, -0.25) is 4.79 Å². The third kappa shape index (κ3) is 2.01. The van der Waals surface area contributed by atoms with E-state index in [9.17, 15) is 4.79 Å². The van der Waals surface area contributed by atoms with Crippen molar-refractivity contribution in [2.75, 3.05) is 13.2 Å². The monoisotopic (exact) mass is 231 g/mol. The highest BCUT2D eigenvalue weighted by molar-refractivity contribution is 5.88. The van der Waals surface area contributed by atoms with Crippen LogP contribution >= 0.6 is 0 Å². The van der Waals surface area contributed by atoms with Crippen molar-refractivity contribution in [3.8, 4) is 0 Å². The molecule has 0 aromatic heterocycles. The summed E-state index contributed by atoms with van der Waals surface area (Å²) in [6.07, 6.45) is 0.978. The number of Topliss-reactive ketones (excluding diaryl/α,β-unsaturated/α-hetero) is 1. The number of ketones is 1. The normalized spacial score (nSPS) is 35.8. The molecule has 1 saturated heterocycles. The van der Waals surface area contributed by atoms with Gasteiger partial charge >= 0.3 is 0 Å². The summed E-state index contributed by atoms with van der Waals surface area (Å²) in [5.74, 6) is 0.823. The second-order valence-corrected chi connectivity index (χ2v) is 5.07. The Morgan fingerprint density at radius 2 is 1.94 bits per heavy atom. The van der Waals surface area contributed by atoms with Gasteiger partial charge in [-0.2, -0.15) is 0 Å². The molecule has 1 saturated carbocycles. The minimum atomic E-state index is -0.0977. The number of benzene rings is 1. The molecule has 1 heterocycles.